The summed E-state index contributed by atoms with van der Waals surface area (Å²) in [6.07, 6.45) is 8.01. The maximum absolute atomic E-state index is 12.3. The monoisotopic (exact) mass is 336 g/mol. The van der Waals surface area contributed by atoms with E-state index in [9.17, 15) is 9.90 Å². The Hall–Kier alpha value is -3.15. The lowest BCUT2D eigenvalue weighted by atomic mass is 9.98. The van der Waals surface area contributed by atoms with Gasteiger partial charge in [-0.25, -0.2) is 0 Å². The fourth-order valence-corrected chi connectivity index (χ4v) is 2.40. The van der Waals surface area contributed by atoms with Crippen LogP contribution in [-0.4, -0.2) is 28.3 Å². The van der Waals surface area contributed by atoms with Gasteiger partial charge in [-0.2, -0.15) is 0 Å². The highest BCUT2D eigenvalue weighted by molar-refractivity contribution is 6.11. The van der Waals surface area contributed by atoms with Gasteiger partial charge in [-0.3, -0.25) is 14.8 Å². The molecule has 1 aromatic carbocycles. The summed E-state index contributed by atoms with van der Waals surface area (Å²) in [6, 6.07) is 7.33. The Morgan fingerprint density at radius 2 is 2.16 bits per heavy atom. The molecule has 0 unspecified atom stereocenters. The van der Waals surface area contributed by atoms with Gasteiger partial charge in [-0.05, 0) is 43.0 Å². The Kier molecular flexibility index (Phi) is 4.79. The van der Waals surface area contributed by atoms with E-state index < -0.39 is 0 Å². The van der Waals surface area contributed by atoms with Crippen molar-refractivity contribution in [1.29, 1.82) is 0 Å². The van der Waals surface area contributed by atoms with Crippen LogP contribution in [0.5, 0.6) is 5.75 Å². The quantitative estimate of drug-likeness (QED) is 0.731. The summed E-state index contributed by atoms with van der Waals surface area (Å²) < 4.78 is 0. The second kappa shape index (κ2) is 7.17. The molecule has 1 aromatic heterocycles. The molecule has 0 spiro atoms. The van der Waals surface area contributed by atoms with E-state index in [4.69, 9.17) is 5.73 Å². The van der Waals surface area contributed by atoms with Crippen LogP contribution < -0.4 is 11.1 Å². The van der Waals surface area contributed by atoms with Crippen LogP contribution in [0.25, 0.3) is 5.57 Å². The number of hydrogen-bond acceptors (Lipinski definition) is 5. The Morgan fingerprint density at radius 3 is 2.84 bits per heavy atom. The van der Waals surface area contributed by atoms with Gasteiger partial charge in [-0.1, -0.05) is 6.07 Å². The molecule has 128 valence electrons. The number of aromatic hydroxyl groups is 1. The number of carbonyl (C=O) groups is 1. The molecule has 0 bridgehead atoms. The molecule has 25 heavy (non-hydrogen) atoms. The van der Waals surface area contributed by atoms with Crippen molar-refractivity contribution in [2.24, 2.45) is 10.7 Å². The lowest BCUT2D eigenvalue weighted by molar-refractivity contribution is 0.0951. The van der Waals surface area contributed by atoms with E-state index in [1.807, 2.05) is 19.1 Å². The highest BCUT2D eigenvalue weighted by Gasteiger charge is 2.24. The topological polar surface area (TPSA) is 101 Å². The van der Waals surface area contributed by atoms with Crippen molar-refractivity contribution >= 4 is 23.4 Å². The average molecular weight is 336 g/mol. The Labute approximate surface area is 146 Å². The molecule has 6 heteroatoms. The third-order valence-corrected chi connectivity index (χ3v) is 3.96. The van der Waals surface area contributed by atoms with Crippen LogP contribution in [0, 0.1) is 6.92 Å². The summed E-state index contributed by atoms with van der Waals surface area (Å²) >= 11 is 0. The maximum Gasteiger partial charge on any atom is 0.251 e. The minimum absolute atomic E-state index is 0.0443. The number of rotatable bonds is 5. The first-order valence-electron chi connectivity index (χ1n) is 8.08. The first-order valence-corrected chi connectivity index (χ1v) is 8.08. The SMILES string of the molecule is Cc1ccc(C(=O)NC2CC2)cc1C(C=Nc1cncc(O)c1)=CN. The van der Waals surface area contributed by atoms with Crippen LogP contribution in [0.4, 0.5) is 5.69 Å². The highest BCUT2D eigenvalue weighted by Crippen LogP contribution is 2.23. The lowest BCUT2D eigenvalue weighted by Gasteiger charge is -2.10. The Morgan fingerprint density at radius 1 is 1.36 bits per heavy atom. The van der Waals surface area contributed by atoms with E-state index >= 15 is 0 Å². The van der Waals surface area contributed by atoms with Crippen molar-refractivity contribution in [1.82, 2.24) is 10.3 Å². The fraction of sp³-hybridized carbons (Fsp3) is 0.211. The van der Waals surface area contributed by atoms with Gasteiger partial charge >= 0.3 is 0 Å². The van der Waals surface area contributed by atoms with E-state index in [2.05, 4.69) is 15.3 Å². The van der Waals surface area contributed by atoms with E-state index in [1.165, 1.54) is 24.7 Å². The maximum atomic E-state index is 12.3. The minimum atomic E-state index is -0.0748. The largest absolute Gasteiger partial charge is 0.506 e. The average Bonchev–Trinajstić information content (AvgIpc) is 3.41. The van der Waals surface area contributed by atoms with Gasteiger partial charge in [0.05, 0.1) is 18.1 Å². The molecule has 0 saturated heterocycles. The molecule has 4 N–H and O–H groups in total. The summed E-state index contributed by atoms with van der Waals surface area (Å²) in [6.45, 7) is 1.95. The Bertz CT molecular complexity index is 854. The number of allylic oxidation sites excluding steroid dienone is 1. The molecule has 2 aromatic rings. The number of nitrogens with zero attached hydrogens (tertiary/aromatic N) is 2. The summed E-state index contributed by atoms with van der Waals surface area (Å²) in [5, 5.41) is 12.4. The zero-order chi connectivity index (χ0) is 17.8. The fourth-order valence-electron chi connectivity index (χ4n) is 2.40. The third-order valence-electron chi connectivity index (χ3n) is 3.96. The van der Waals surface area contributed by atoms with Gasteiger partial charge in [0.25, 0.3) is 5.91 Å². The van der Waals surface area contributed by atoms with Gasteiger partial charge < -0.3 is 16.2 Å². The summed E-state index contributed by atoms with van der Waals surface area (Å²) in [7, 11) is 0. The normalized spacial score (nSPS) is 14.7. The molecule has 0 atom stereocenters. The molecule has 0 aliphatic heterocycles. The summed E-state index contributed by atoms with van der Waals surface area (Å²) in [5.74, 6) is -0.0305. The molecule has 6 nitrogen and oxygen atoms in total. The molecule has 1 amide bonds. The zero-order valence-electron chi connectivity index (χ0n) is 13.9. The third kappa shape index (κ3) is 4.23. The Balaban J connectivity index is 1.85. The van der Waals surface area contributed by atoms with Gasteiger partial charge in [0.2, 0.25) is 0 Å². The molecule has 1 heterocycles. The molecule has 1 fully saturated rings. The molecule has 1 aliphatic carbocycles. The number of benzene rings is 1. The predicted octanol–water partition coefficient (Wildman–Crippen LogP) is 2.69. The number of amides is 1. The molecule has 3 rings (SSSR count). The van der Waals surface area contributed by atoms with Crippen molar-refractivity contribution < 1.29 is 9.90 Å². The van der Waals surface area contributed by atoms with Gasteiger partial charge in [0.15, 0.2) is 0 Å². The summed E-state index contributed by atoms with van der Waals surface area (Å²) in [4.78, 5) is 20.4. The second-order valence-corrected chi connectivity index (χ2v) is 6.06. The minimum Gasteiger partial charge on any atom is -0.506 e. The first-order chi connectivity index (χ1) is 12.1. The van der Waals surface area contributed by atoms with E-state index in [-0.39, 0.29) is 11.7 Å². The molecular formula is C19H20N4O2. The van der Waals surface area contributed by atoms with Crippen LogP contribution in [-0.2, 0) is 0 Å². The number of nitrogens with two attached hydrogens (primary N) is 1. The van der Waals surface area contributed by atoms with Crippen molar-refractivity contribution in [3.05, 3.63) is 59.5 Å². The first kappa shape index (κ1) is 16.7. The highest BCUT2D eigenvalue weighted by atomic mass is 16.3. The smallest absolute Gasteiger partial charge is 0.251 e. The second-order valence-electron chi connectivity index (χ2n) is 6.06. The van der Waals surface area contributed by atoms with E-state index in [0.29, 0.717) is 22.9 Å². The zero-order valence-corrected chi connectivity index (χ0v) is 13.9. The standard InChI is InChI=1S/C19H20N4O2/c1-12-2-3-13(19(25)23-15-4-5-15)6-18(12)14(8-20)9-22-16-7-17(24)11-21-10-16/h2-3,6-11,15,24H,4-5,20H2,1H3,(H,23,25). The van der Waals surface area contributed by atoms with E-state index in [1.54, 1.807) is 12.3 Å². The molecule has 1 saturated carbocycles. The molecule has 0 radical (unpaired) electrons. The number of pyridine rings is 1. The van der Waals surface area contributed by atoms with Crippen LogP contribution in [0.3, 0.4) is 0 Å². The number of aryl methyl sites for hydroxylation is 1. The number of hydrogen-bond donors (Lipinski definition) is 3. The van der Waals surface area contributed by atoms with Crippen LogP contribution in [0.15, 0.2) is 47.9 Å². The van der Waals surface area contributed by atoms with Gasteiger partial charge in [0.1, 0.15) is 5.75 Å². The molecule has 1 aliphatic rings. The van der Waals surface area contributed by atoms with Crippen molar-refractivity contribution in [3.8, 4) is 5.75 Å². The van der Waals surface area contributed by atoms with Crippen LogP contribution in [0.1, 0.15) is 34.3 Å². The van der Waals surface area contributed by atoms with Crippen molar-refractivity contribution in [2.75, 3.05) is 0 Å². The number of carbonyl (C=O) groups excluding carboxylic acids is 1. The molecular weight excluding hydrogens is 316 g/mol. The van der Waals surface area contributed by atoms with Crippen LogP contribution in [0.2, 0.25) is 0 Å². The van der Waals surface area contributed by atoms with Gasteiger partial charge in [-0.15, -0.1) is 0 Å². The number of aliphatic imine (C=N–C) groups is 1. The number of nitrogens with one attached hydrogen (secondary N) is 1. The van der Waals surface area contributed by atoms with Crippen LogP contribution >= 0.6 is 0 Å². The van der Waals surface area contributed by atoms with E-state index in [0.717, 1.165) is 24.0 Å². The van der Waals surface area contributed by atoms with Crippen molar-refractivity contribution in [2.45, 2.75) is 25.8 Å². The lowest BCUT2D eigenvalue weighted by Crippen LogP contribution is -2.25. The summed E-state index contributed by atoms with van der Waals surface area (Å²) in [5.41, 5.74) is 9.38. The number of aromatic nitrogens is 1. The van der Waals surface area contributed by atoms with Gasteiger partial charge in [0, 0.05) is 35.7 Å². The predicted molar refractivity (Wildman–Crippen MR) is 97.9 cm³/mol. The van der Waals surface area contributed by atoms with Crippen molar-refractivity contribution in [3.63, 3.8) is 0 Å².